The second-order valence-electron chi connectivity index (χ2n) is 4.74. The minimum absolute atomic E-state index is 0.169. The van der Waals surface area contributed by atoms with Gasteiger partial charge < -0.3 is 30.5 Å². The van der Waals surface area contributed by atoms with Crippen LogP contribution in [0.3, 0.4) is 0 Å². The van der Waals surface area contributed by atoms with Gasteiger partial charge in [0.05, 0.1) is 6.61 Å². The topological polar surface area (TPSA) is 163 Å². The van der Waals surface area contributed by atoms with E-state index in [0.717, 1.165) is 0 Å². The first-order valence-electron chi connectivity index (χ1n) is 6.21. The molecule has 1 aromatic heterocycles. The van der Waals surface area contributed by atoms with E-state index in [4.69, 9.17) is 20.3 Å². The largest absolute Gasteiger partial charge is 0.469 e. The molecule has 4 atom stereocenters. The number of primary amides is 1. The SMILES string of the molecule is NC(=O)c1ccc[n+](C2OC(COP(=O)(O)O)C(O)[C@H]2O)c1. The zero-order chi connectivity index (χ0) is 16.5. The van der Waals surface area contributed by atoms with Crippen LogP contribution in [0, 0.1) is 0 Å². The van der Waals surface area contributed by atoms with Crippen molar-refractivity contribution >= 4 is 13.7 Å². The second-order valence-corrected chi connectivity index (χ2v) is 5.98. The Balaban J connectivity index is 2.14. The smallest absolute Gasteiger partial charge is 0.387 e. The predicted molar refractivity (Wildman–Crippen MR) is 69.1 cm³/mol. The Kier molecular flexibility index (Phi) is 4.93. The molecule has 3 unspecified atom stereocenters. The normalized spacial score (nSPS) is 28.7. The van der Waals surface area contributed by atoms with Gasteiger partial charge in [-0.1, -0.05) is 0 Å². The summed E-state index contributed by atoms with van der Waals surface area (Å²) in [4.78, 5) is 28.4. The molecule has 2 heterocycles. The van der Waals surface area contributed by atoms with Crippen LogP contribution in [0.1, 0.15) is 16.6 Å². The van der Waals surface area contributed by atoms with Gasteiger partial charge in [0.1, 0.15) is 17.8 Å². The quantitative estimate of drug-likeness (QED) is 0.299. The molecule has 10 nitrogen and oxygen atoms in total. The van der Waals surface area contributed by atoms with Gasteiger partial charge in [-0.15, -0.1) is 0 Å². The molecule has 1 aliphatic rings. The van der Waals surface area contributed by atoms with Crippen molar-refractivity contribution in [3.05, 3.63) is 30.1 Å². The minimum atomic E-state index is -4.72. The highest BCUT2D eigenvalue weighted by molar-refractivity contribution is 7.46. The highest BCUT2D eigenvalue weighted by atomic mass is 31.2. The standard InChI is InChI=1S/C11H15N2O8P/c12-10(16)6-2-1-3-13(4-6)11-9(15)8(14)7(21-11)5-20-22(17,18)19/h1-4,7-9,11,14-15H,5H2,(H3-,12,16,17,18,19)/p+1/t7?,8?,9-,11?/m1/s1. The number of phosphoric ester groups is 1. The summed E-state index contributed by atoms with van der Waals surface area (Å²) in [5.74, 6) is -0.677. The van der Waals surface area contributed by atoms with Crippen LogP contribution in [0.5, 0.6) is 0 Å². The van der Waals surface area contributed by atoms with E-state index in [0.29, 0.717) is 0 Å². The minimum Gasteiger partial charge on any atom is -0.387 e. The summed E-state index contributed by atoms with van der Waals surface area (Å²) < 4.78 is 21.6. The molecular weight excluding hydrogens is 319 g/mol. The van der Waals surface area contributed by atoms with Crippen LogP contribution in [0.2, 0.25) is 0 Å². The summed E-state index contributed by atoms with van der Waals surface area (Å²) in [5.41, 5.74) is 5.32. The maximum Gasteiger partial charge on any atom is 0.469 e. The lowest BCUT2D eigenvalue weighted by molar-refractivity contribution is -0.765. The zero-order valence-corrected chi connectivity index (χ0v) is 12.1. The van der Waals surface area contributed by atoms with Crippen molar-refractivity contribution in [2.75, 3.05) is 6.61 Å². The van der Waals surface area contributed by atoms with Crippen LogP contribution in [0.25, 0.3) is 0 Å². The number of carbonyl (C=O) groups excluding carboxylic acids is 1. The Bertz CT molecular complexity index is 606. The van der Waals surface area contributed by atoms with E-state index in [1.54, 1.807) is 0 Å². The lowest BCUT2D eigenvalue weighted by Crippen LogP contribution is -2.46. The first-order valence-corrected chi connectivity index (χ1v) is 7.74. The molecule has 1 fully saturated rings. The molecule has 11 heteroatoms. The molecule has 0 saturated carbocycles. The number of phosphoric acid groups is 1. The summed E-state index contributed by atoms with van der Waals surface area (Å²) in [6.45, 7) is -0.602. The summed E-state index contributed by atoms with van der Waals surface area (Å²) in [5, 5.41) is 19.8. The lowest BCUT2D eigenvalue weighted by Gasteiger charge is -2.13. The number of amides is 1. The number of aromatic nitrogens is 1. The molecule has 22 heavy (non-hydrogen) atoms. The van der Waals surface area contributed by atoms with E-state index in [2.05, 4.69) is 4.52 Å². The Morgan fingerprint density at radius 3 is 2.68 bits per heavy atom. The summed E-state index contributed by atoms with van der Waals surface area (Å²) in [6, 6.07) is 2.97. The fourth-order valence-electron chi connectivity index (χ4n) is 2.08. The van der Waals surface area contributed by atoms with Gasteiger partial charge in [0, 0.05) is 6.07 Å². The number of ether oxygens (including phenoxy) is 1. The number of pyridine rings is 1. The Hall–Kier alpha value is -1.39. The number of hydrogen-bond donors (Lipinski definition) is 5. The average molecular weight is 335 g/mol. The molecular formula is C11H16N2O8P+. The molecule has 0 aromatic carbocycles. The third-order valence-electron chi connectivity index (χ3n) is 3.14. The second kappa shape index (κ2) is 6.39. The molecule has 1 saturated heterocycles. The third kappa shape index (κ3) is 3.87. The predicted octanol–water partition coefficient (Wildman–Crippen LogP) is -2.20. The first-order chi connectivity index (χ1) is 10.2. The van der Waals surface area contributed by atoms with Crippen molar-refractivity contribution in [1.29, 1.82) is 0 Å². The van der Waals surface area contributed by atoms with Crippen LogP contribution in [-0.4, -0.2) is 50.8 Å². The van der Waals surface area contributed by atoms with Crippen molar-refractivity contribution in [1.82, 2.24) is 0 Å². The molecule has 0 spiro atoms. The van der Waals surface area contributed by atoms with Crippen molar-refractivity contribution < 1.29 is 43.2 Å². The Labute approximate surface area is 124 Å². The molecule has 1 amide bonds. The monoisotopic (exact) mass is 335 g/mol. The summed E-state index contributed by atoms with van der Waals surface area (Å²) >= 11 is 0. The molecule has 2 rings (SSSR count). The Morgan fingerprint density at radius 1 is 1.41 bits per heavy atom. The number of nitrogens with zero attached hydrogens (tertiary/aromatic N) is 1. The number of nitrogens with two attached hydrogens (primary N) is 1. The van der Waals surface area contributed by atoms with E-state index >= 15 is 0 Å². The van der Waals surface area contributed by atoms with E-state index in [-0.39, 0.29) is 5.56 Å². The molecule has 0 radical (unpaired) electrons. The van der Waals surface area contributed by atoms with E-state index in [1.807, 2.05) is 0 Å². The highest BCUT2D eigenvalue weighted by Gasteiger charge is 2.48. The molecule has 6 N–H and O–H groups in total. The maximum atomic E-state index is 11.1. The van der Waals surface area contributed by atoms with Crippen LogP contribution < -0.4 is 10.3 Å². The number of rotatable bonds is 5. The molecule has 1 aromatic rings. The van der Waals surface area contributed by atoms with Gasteiger partial charge in [-0.3, -0.25) is 9.32 Å². The summed E-state index contributed by atoms with van der Waals surface area (Å²) in [6.07, 6.45) is -2.18. The van der Waals surface area contributed by atoms with Crippen LogP contribution >= 0.6 is 7.82 Å². The van der Waals surface area contributed by atoms with Crippen LogP contribution in [-0.2, 0) is 13.8 Å². The van der Waals surface area contributed by atoms with Gasteiger partial charge in [0.2, 0.25) is 0 Å². The molecule has 0 aliphatic carbocycles. The van der Waals surface area contributed by atoms with Crippen LogP contribution in [0.15, 0.2) is 24.5 Å². The third-order valence-corrected chi connectivity index (χ3v) is 3.63. The van der Waals surface area contributed by atoms with Crippen LogP contribution in [0.4, 0.5) is 0 Å². The molecule has 0 bridgehead atoms. The van der Waals surface area contributed by atoms with Crippen molar-refractivity contribution in [3.8, 4) is 0 Å². The van der Waals surface area contributed by atoms with Crippen molar-refractivity contribution in [2.45, 2.75) is 24.5 Å². The number of carbonyl (C=O) groups is 1. The number of aliphatic hydroxyl groups excluding tert-OH is 2. The fourth-order valence-corrected chi connectivity index (χ4v) is 2.42. The van der Waals surface area contributed by atoms with E-state index < -0.39 is 44.9 Å². The summed E-state index contributed by atoms with van der Waals surface area (Å²) in [7, 11) is -4.72. The van der Waals surface area contributed by atoms with Gasteiger partial charge >= 0.3 is 7.82 Å². The van der Waals surface area contributed by atoms with Crippen molar-refractivity contribution in [3.63, 3.8) is 0 Å². The van der Waals surface area contributed by atoms with Gasteiger partial charge in [-0.05, 0) is 6.07 Å². The lowest BCUT2D eigenvalue weighted by atomic mass is 10.1. The van der Waals surface area contributed by atoms with Crippen molar-refractivity contribution in [2.24, 2.45) is 5.73 Å². The first kappa shape index (κ1) is 17.0. The van der Waals surface area contributed by atoms with E-state index in [1.165, 1.54) is 29.1 Å². The number of aliphatic hydroxyl groups is 2. The highest BCUT2D eigenvalue weighted by Crippen LogP contribution is 2.37. The average Bonchev–Trinajstić information content (AvgIpc) is 2.72. The van der Waals surface area contributed by atoms with Gasteiger partial charge in [0.25, 0.3) is 12.1 Å². The zero-order valence-electron chi connectivity index (χ0n) is 11.2. The van der Waals surface area contributed by atoms with Gasteiger partial charge in [0.15, 0.2) is 18.5 Å². The molecule has 122 valence electrons. The van der Waals surface area contributed by atoms with E-state index in [9.17, 15) is 19.6 Å². The number of hydrogen-bond acceptors (Lipinski definition) is 6. The Morgan fingerprint density at radius 2 is 2.09 bits per heavy atom. The maximum absolute atomic E-state index is 11.1. The van der Waals surface area contributed by atoms with Gasteiger partial charge in [-0.2, -0.15) is 4.57 Å². The van der Waals surface area contributed by atoms with Gasteiger partial charge in [-0.25, -0.2) is 4.57 Å². The molecule has 1 aliphatic heterocycles. The fraction of sp³-hybridized carbons (Fsp3) is 0.455.